The molecule has 8 nitrogen and oxygen atoms in total. The molecule has 1 aromatic carbocycles. The van der Waals surface area contributed by atoms with Gasteiger partial charge in [-0.3, -0.25) is 14.4 Å². The van der Waals surface area contributed by atoms with Gasteiger partial charge in [-0.05, 0) is 12.0 Å². The Balaban J connectivity index is 2.06. The van der Waals surface area contributed by atoms with Crippen LogP contribution in [0.25, 0.3) is 5.53 Å². The summed E-state index contributed by atoms with van der Waals surface area (Å²) in [4.78, 5) is 50.3. The zero-order valence-corrected chi connectivity index (χ0v) is 12.0. The second-order valence-electron chi connectivity index (χ2n) is 4.83. The smallest absolute Gasteiger partial charge is 0.417 e. The Morgan fingerprint density at radius 1 is 1.30 bits per heavy atom. The molecule has 0 saturated carbocycles. The van der Waals surface area contributed by atoms with Crippen LogP contribution in [0.4, 0.5) is 4.79 Å². The van der Waals surface area contributed by atoms with E-state index in [2.05, 4.69) is 4.79 Å². The van der Waals surface area contributed by atoms with Crippen LogP contribution in [-0.2, 0) is 25.7 Å². The Labute approximate surface area is 131 Å². The van der Waals surface area contributed by atoms with Crippen molar-refractivity contribution in [2.75, 3.05) is 0 Å². The molecule has 118 valence electrons. The highest BCUT2D eigenvalue weighted by atomic mass is 16.6. The number of carbonyl (C=O) groups is 4. The van der Waals surface area contributed by atoms with Crippen molar-refractivity contribution < 1.29 is 28.7 Å². The van der Waals surface area contributed by atoms with E-state index in [-0.39, 0.29) is 19.4 Å². The molecule has 2 amide bonds. The summed E-state index contributed by atoms with van der Waals surface area (Å²) in [5, 5.41) is 0. The molecule has 1 fully saturated rings. The molecule has 1 aliphatic rings. The maximum absolute atomic E-state index is 12.1. The summed E-state index contributed by atoms with van der Waals surface area (Å²) in [6, 6.07) is 7.59. The lowest BCUT2D eigenvalue weighted by atomic mass is 10.1. The van der Waals surface area contributed by atoms with E-state index in [9.17, 15) is 19.2 Å². The van der Waals surface area contributed by atoms with Gasteiger partial charge in [-0.1, -0.05) is 30.3 Å². The van der Waals surface area contributed by atoms with E-state index < -0.39 is 29.6 Å². The molecule has 0 spiro atoms. The Kier molecular flexibility index (Phi) is 5.11. The van der Waals surface area contributed by atoms with Crippen LogP contribution in [0.5, 0.6) is 0 Å². The molecule has 0 aromatic heterocycles. The van der Waals surface area contributed by atoms with Crippen LogP contribution in [0.1, 0.15) is 18.4 Å². The van der Waals surface area contributed by atoms with Crippen LogP contribution in [-0.4, -0.2) is 45.5 Å². The monoisotopic (exact) mass is 315 g/mol. The maximum Gasteiger partial charge on any atom is 0.417 e. The zero-order valence-electron chi connectivity index (χ0n) is 12.0. The van der Waals surface area contributed by atoms with Gasteiger partial charge >= 0.3 is 18.1 Å². The van der Waals surface area contributed by atoms with E-state index in [1.165, 1.54) is 0 Å². The Morgan fingerprint density at radius 3 is 2.65 bits per heavy atom. The highest BCUT2D eigenvalue weighted by Gasteiger charge is 2.43. The first kappa shape index (κ1) is 16.3. The van der Waals surface area contributed by atoms with Crippen molar-refractivity contribution in [3.05, 3.63) is 41.4 Å². The van der Waals surface area contributed by atoms with Crippen LogP contribution in [0.3, 0.4) is 0 Å². The summed E-state index contributed by atoms with van der Waals surface area (Å²) in [5.41, 5.74) is 9.01. The van der Waals surface area contributed by atoms with Crippen LogP contribution >= 0.6 is 0 Å². The molecule has 0 aliphatic carbocycles. The number of benzene rings is 1. The van der Waals surface area contributed by atoms with E-state index in [0.29, 0.717) is 11.1 Å². The third-order valence-corrected chi connectivity index (χ3v) is 3.33. The van der Waals surface area contributed by atoms with Crippen molar-refractivity contribution in [2.24, 2.45) is 0 Å². The van der Waals surface area contributed by atoms with Crippen LogP contribution in [0.2, 0.25) is 0 Å². The van der Waals surface area contributed by atoms with E-state index in [1.807, 2.05) is 0 Å². The summed E-state index contributed by atoms with van der Waals surface area (Å²) >= 11 is 0. The van der Waals surface area contributed by atoms with E-state index >= 15 is 0 Å². The lowest BCUT2D eigenvalue weighted by molar-refractivity contribution is -0.139. The van der Waals surface area contributed by atoms with Crippen molar-refractivity contribution in [3.63, 3.8) is 0 Å². The highest BCUT2D eigenvalue weighted by Crippen LogP contribution is 2.21. The molecule has 1 aliphatic heterocycles. The molecule has 1 heterocycles. The normalized spacial score (nSPS) is 16.6. The van der Waals surface area contributed by atoms with Gasteiger partial charge in [-0.2, -0.15) is 4.79 Å². The molecule has 2 rings (SSSR count). The molecule has 0 N–H and O–H groups in total. The van der Waals surface area contributed by atoms with Gasteiger partial charge in [0.05, 0.1) is 0 Å². The van der Waals surface area contributed by atoms with Gasteiger partial charge in [0.25, 0.3) is 0 Å². The fraction of sp³-hybridized carbons (Fsp3) is 0.267. The van der Waals surface area contributed by atoms with Crippen molar-refractivity contribution in [1.29, 1.82) is 0 Å². The topological polar surface area (TPSA) is 117 Å². The first-order valence-corrected chi connectivity index (χ1v) is 6.83. The van der Waals surface area contributed by atoms with Gasteiger partial charge in [0, 0.05) is 6.42 Å². The number of amides is 2. The zero-order chi connectivity index (χ0) is 16.8. The minimum Gasteiger partial charge on any atom is -0.444 e. The number of rotatable bonds is 5. The number of imide groups is 1. The molecule has 1 aromatic rings. The predicted molar refractivity (Wildman–Crippen MR) is 76.2 cm³/mol. The van der Waals surface area contributed by atoms with Gasteiger partial charge in [0.2, 0.25) is 11.7 Å². The molecule has 23 heavy (non-hydrogen) atoms. The van der Waals surface area contributed by atoms with Crippen molar-refractivity contribution >= 4 is 29.8 Å². The largest absolute Gasteiger partial charge is 0.444 e. The lowest BCUT2D eigenvalue weighted by Gasteiger charge is -2.20. The lowest BCUT2D eigenvalue weighted by Crippen LogP contribution is -2.45. The summed E-state index contributed by atoms with van der Waals surface area (Å²) in [7, 11) is 0. The highest BCUT2D eigenvalue weighted by molar-refractivity contribution is 6.59. The molecule has 1 atom stereocenters. The summed E-state index contributed by atoms with van der Waals surface area (Å²) in [6.45, 7) is -0.0591. The Hall–Kier alpha value is -3.12. The van der Waals surface area contributed by atoms with Crippen molar-refractivity contribution in [2.45, 2.75) is 25.5 Å². The average molecular weight is 315 g/mol. The number of ketones is 2. The first-order valence-electron chi connectivity index (χ1n) is 6.83. The maximum atomic E-state index is 12.1. The summed E-state index contributed by atoms with van der Waals surface area (Å²) < 4.78 is 5.02. The first-order chi connectivity index (χ1) is 11.0. The third kappa shape index (κ3) is 3.75. The Morgan fingerprint density at radius 2 is 2.00 bits per heavy atom. The van der Waals surface area contributed by atoms with E-state index in [0.717, 1.165) is 5.56 Å². The standard InChI is InChI=1S/C15H13N3O5/c16-17-8-12(19)14(21)11-6-7-13(20)18(11)15(22)23-9-10-4-2-1-3-5-10/h1-5,8,11H,6-7,9H2/t11-/m0/s1. The molecule has 1 saturated heterocycles. The molecule has 8 heteroatoms. The minimum absolute atomic E-state index is 0.0309. The van der Waals surface area contributed by atoms with Crippen LogP contribution in [0, 0.1) is 0 Å². The minimum atomic E-state index is -1.23. The second-order valence-corrected chi connectivity index (χ2v) is 4.83. The number of carbonyl (C=O) groups excluding carboxylic acids is 4. The number of likely N-dealkylation sites (tertiary alicyclic amines) is 1. The van der Waals surface area contributed by atoms with E-state index in [4.69, 9.17) is 10.3 Å². The third-order valence-electron chi connectivity index (χ3n) is 3.33. The molecule has 0 unspecified atom stereocenters. The molecular weight excluding hydrogens is 302 g/mol. The fourth-order valence-corrected chi connectivity index (χ4v) is 2.23. The summed E-state index contributed by atoms with van der Waals surface area (Å²) in [6.07, 6.45) is -0.564. The number of Topliss-reactive ketones (excluding diaryl/α,β-unsaturated/α-hetero) is 2. The molecular formula is C15H13N3O5. The van der Waals surface area contributed by atoms with Gasteiger partial charge in [0.1, 0.15) is 12.6 Å². The van der Waals surface area contributed by atoms with Crippen LogP contribution in [0.15, 0.2) is 30.3 Å². The molecule has 0 bridgehead atoms. The quantitative estimate of drug-likeness (QED) is 0.344. The van der Waals surface area contributed by atoms with E-state index in [1.54, 1.807) is 30.3 Å². The van der Waals surface area contributed by atoms with Gasteiger partial charge < -0.3 is 10.3 Å². The summed E-state index contributed by atoms with van der Waals surface area (Å²) in [5.74, 6) is -2.67. The predicted octanol–water partition coefficient (Wildman–Crippen LogP) is 0.753. The van der Waals surface area contributed by atoms with Crippen molar-refractivity contribution in [3.8, 4) is 0 Å². The molecule has 0 radical (unpaired) electrons. The van der Waals surface area contributed by atoms with Crippen LogP contribution < -0.4 is 0 Å². The second kappa shape index (κ2) is 7.24. The number of hydrogen-bond acceptors (Lipinski definition) is 5. The van der Waals surface area contributed by atoms with Crippen molar-refractivity contribution in [1.82, 2.24) is 4.90 Å². The average Bonchev–Trinajstić information content (AvgIpc) is 2.94. The SMILES string of the molecule is [N-]=[N+]=CC(=O)C(=O)[C@@H]1CCC(=O)N1C(=O)OCc1ccccc1. The fourth-order valence-electron chi connectivity index (χ4n) is 2.23. The van der Waals surface area contributed by atoms with Gasteiger partial charge in [0.15, 0.2) is 0 Å². The number of nitrogens with zero attached hydrogens (tertiary/aromatic N) is 3. The number of ether oxygens (including phenoxy) is 1. The number of hydrogen-bond donors (Lipinski definition) is 0. The van der Waals surface area contributed by atoms with Gasteiger partial charge in [-0.25, -0.2) is 9.69 Å². The van der Waals surface area contributed by atoms with Gasteiger partial charge in [-0.15, -0.1) is 0 Å². The Bertz CT molecular complexity index is 694.